The van der Waals surface area contributed by atoms with Gasteiger partial charge in [-0.15, -0.1) is 0 Å². The maximum Gasteiger partial charge on any atom is 0.213 e. The highest BCUT2D eigenvalue weighted by molar-refractivity contribution is 6.27. The molecule has 1 fully saturated rings. The van der Waals surface area contributed by atoms with E-state index in [0.29, 0.717) is 41.5 Å². The summed E-state index contributed by atoms with van der Waals surface area (Å²) in [5.41, 5.74) is 12.6. The zero-order chi connectivity index (χ0) is 27.8. The largest absolute Gasteiger partial charge is 0.481 e. The Bertz CT molecular complexity index is 1260. The Kier molecular flexibility index (Phi) is 10.2. The number of pyridine rings is 1. The third-order valence-electron chi connectivity index (χ3n) is 6.32. The van der Waals surface area contributed by atoms with Crippen molar-refractivity contribution in [3.05, 3.63) is 70.3 Å². The van der Waals surface area contributed by atoms with Crippen molar-refractivity contribution in [3.63, 3.8) is 0 Å². The monoisotopic (exact) mass is 524 g/mol. The lowest BCUT2D eigenvalue weighted by Gasteiger charge is -2.29. The van der Waals surface area contributed by atoms with Crippen LogP contribution in [0.4, 0.5) is 4.39 Å². The summed E-state index contributed by atoms with van der Waals surface area (Å²) in [4.78, 5) is 14.9. The minimum absolute atomic E-state index is 0.115. The van der Waals surface area contributed by atoms with Crippen molar-refractivity contribution < 1.29 is 24.2 Å². The molecule has 3 rings (SSSR count). The van der Waals surface area contributed by atoms with Crippen LogP contribution in [-0.2, 0) is 4.84 Å². The van der Waals surface area contributed by atoms with Crippen LogP contribution in [0.5, 0.6) is 5.88 Å². The van der Waals surface area contributed by atoms with Crippen LogP contribution < -0.4 is 10.5 Å². The highest BCUT2D eigenvalue weighted by atomic mass is 19.1. The summed E-state index contributed by atoms with van der Waals surface area (Å²) >= 11 is 0. The molecule has 0 spiro atoms. The van der Waals surface area contributed by atoms with Crippen LogP contribution in [0.2, 0.25) is 0 Å². The number of benzene rings is 1. The SMILES string of the molecule is COc1cccc(-c2cc(F)ccc2C2C/C(=N/C(N)=C(C)C)C(=C(C)C)/C(=N/OCC[C@H](O)CO)C2)n1. The summed E-state index contributed by atoms with van der Waals surface area (Å²) in [6.07, 6.45) is 0.443. The van der Waals surface area contributed by atoms with Gasteiger partial charge in [-0.1, -0.05) is 22.9 Å². The predicted molar refractivity (Wildman–Crippen MR) is 148 cm³/mol. The van der Waals surface area contributed by atoms with Crippen LogP contribution in [0.3, 0.4) is 0 Å². The van der Waals surface area contributed by atoms with Crippen LogP contribution in [0.25, 0.3) is 11.3 Å². The number of methoxy groups -OCH3 is 1. The molecule has 8 nitrogen and oxygen atoms in total. The third-order valence-corrected chi connectivity index (χ3v) is 6.32. The van der Waals surface area contributed by atoms with Crippen molar-refractivity contribution in [1.82, 2.24) is 4.98 Å². The Hall–Kier alpha value is -3.56. The second kappa shape index (κ2) is 13.3. The Morgan fingerprint density at radius 1 is 1.16 bits per heavy atom. The van der Waals surface area contributed by atoms with E-state index < -0.39 is 6.10 Å². The number of nitrogens with two attached hydrogens (primary N) is 1. The van der Waals surface area contributed by atoms with Gasteiger partial charge < -0.3 is 25.5 Å². The standard InChI is InChI=1S/C29H37FN4O4/c1-17(2)28-25(33-29(31)18(3)4)13-19(14-26(28)34-38-12-11-21(36)16-35)22-10-9-20(30)15-23(22)24-7-6-8-27(32-24)37-5/h6-10,15,19,21,35-36H,11-14,16,31H2,1-5H3/b33-25-,34-26+/t19?,21-/m0/s1. The summed E-state index contributed by atoms with van der Waals surface area (Å²) in [5.74, 6) is 0.388. The smallest absolute Gasteiger partial charge is 0.213 e. The number of hydrogen-bond acceptors (Lipinski definition) is 8. The molecule has 9 heteroatoms. The fourth-order valence-corrected chi connectivity index (χ4v) is 4.34. The second-order valence-electron chi connectivity index (χ2n) is 9.72. The molecular formula is C29H37FN4O4. The highest BCUT2D eigenvalue weighted by Crippen LogP contribution is 2.39. The van der Waals surface area contributed by atoms with Gasteiger partial charge in [-0.2, -0.15) is 0 Å². The van der Waals surface area contributed by atoms with Gasteiger partial charge in [0.15, 0.2) is 0 Å². The fraction of sp³-hybridized carbons (Fsp3) is 0.414. The van der Waals surface area contributed by atoms with Crippen molar-refractivity contribution in [1.29, 1.82) is 0 Å². The molecule has 1 unspecified atom stereocenters. The minimum Gasteiger partial charge on any atom is -0.481 e. The van der Waals surface area contributed by atoms with E-state index in [0.717, 1.165) is 28.0 Å². The van der Waals surface area contributed by atoms with E-state index in [1.54, 1.807) is 19.2 Å². The van der Waals surface area contributed by atoms with Gasteiger partial charge in [-0.25, -0.2) is 14.4 Å². The summed E-state index contributed by atoms with van der Waals surface area (Å²) in [6.45, 7) is 7.57. The molecule has 4 N–H and O–H groups in total. The molecule has 0 amide bonds. The number of oxime groups is 1. The first-order valence-corrected chi connectivity index (χ1v) is 12.6. The van der Waals surface area contributed by atoms with Crippen LogP contribution in [0, 0.1) is 5.82 Å². The Morgan fingerprint density at radius 3 is 2.55 bits per heavy atom. The van der Waals surface area contributed by atoms with Gasteiger partial charge in [0.2, 0.25) is 5.88 Å². The van der Waals surface area contributed by atoms with Crippen molar-refractivity contribution in [2.45, 2.75) is 59.0 Å². The van der Waals surface area contributed by atoms with E-state index in [1.165, 1.54) is 12.1 Å². The van der Waals surface area contributed by atoms with Crippen molar-refractivity contribution in [2.75, 3.05) is 20.3 Å². The molecule has 2 aromatic rings. The number of hydrogen-bond donors (Lipinski definition) is 3. The van der Waals surface area contributed by atoms with E-state index in [9.17, 15) is 9.50 Å². The van der Waals surface area contributed by atoms with Crippen LogP contribution in [-0.4, -0.2) is 53.0 Å². The average Bonchev–Trinajstić information content (AvgIpc) is 2.90. The number of aliphatic imine (C=N–C) groups is 1. The molecule has 1 aliphatic rings. The lowest BCUT2D eigenvalue weighted by molar-refractivity contribution is 0.0503. The van der Waals surface area contributed by atoms with Crippen molar-refractivity contribution in [3.8, 4) is 17.1 Å². The van der Waals surface area contributed by atoms with E-state index in [-0.39, 0.29) is 31.4 Å². The Morgan fingerprint density at radius 2 is 1.89 bits per heavy atom. The summed E-state index contributed by atoms with van der Waals surface area (Å²) in [5, 5.41) is 23.2. The number of ether oxygens (including phenoxy) is 1. The number of aliphatic hydroxyl groups excluding tert-OH is 2. The molecule has 0 bridgehead atoms. The molecule has 1 aromatic carbocycles. The molecule has 2 atom stereocenters. The highest BCUT2D eigenvalue weighted by Gasteiger charge is 2.32. The fourth-order valence-electron chi connectivity index (χ4n) is 4.34. The predicted octanol–water partition coefficient (Wildman–Crippen LogP) is 4.88. The Balaban J connectivity index is 2.11. The number of aromatic nitrogens is 1. The molecule has 204 valence electrons. The number of allylic oxidation sites excluding steroid dienone is 3. The average molecular weight is 525 g/mol. The maximum absolute atomic E-state index is 14.5. The van der Waals surface area contributed by atoms with Crippen LogP contribution in [0.15, 0.2) is 69.1 Å². The number of aliphatic hydroxyl groups is 2. The van der Waals surface area contributed by atoms with Crippen molar-refractivity contribution in [2.24, 2.45) is 15.9 Å². The second-order valence-corrected chi connectivity index (χ2v) is 9.72. The first kappa shape index (κ1) is 29.0. The Labute approximate surface area is 223 Å². The lowest BCUT2D eigenvalue weighted by Crippen LogP contribution is -2.27. The van der Waals surface area contributed by atoms with Crippen LogP contribution in [0.1, 0.15) is 58.4 Å². The van der Waals surface area contributed by atoms with E-state index in [1.807, 2.05) is 39.8 Å². The van der Waals surface area contributed by atoms with Gasteiger partial charge >= 0.3 is 0 Å². The molecule has 0 radical (unpaired) electrons. The number of halogens is 1. The summed E-state index contributed by atoms with van der Waals surface area (Å²) in [7, 11) is 1.54. The molecule has 0 aliphatic heterocycles. The first-order chi connectivity index (χ1) is 18.1. The first-order valence-electron chi connectivity index (χ1n) is 12.6. The van der Waals surface area contributed by atoms with Gasteiger partial charge in [0.25, 0.3) is 0 Å². The van der Waals surface area contributed by atoms with E-state index in [2.05, 4.69) is 10.1 Å². The molecule has 0 saturated heterocycles. The van der Waals surface area contributed by atoms with E-state index >= 15 is 0 Å². The summed E-state index contributed by atoms with van der Waals surface area (Å²) in [6, 6.07) is 10.1. The van der Waals surface area contributed by atoms with Gasteiger partial charge in [-0.3, -0.25) is 0 Å². The van der Waals surface area contributed by atoms with Gasteiger partial charge in [-0.05, 0) is 69.4 Å². The normalized spacial score (nSPS) is 18.4. The quantitative estimate of drug-likeness (QED) is 0.318. The van der Waals surface area contributed by atoms with Crippen molar-refractivity contribution >= 4 is 11.4 Å². The molecular weight excluding hydrogens is 487 g/mol. The molecule has 1 aromatic heterocycles. The number of rotatable bonds is 9. The maximum atomic E-state index is 14.5. The molecule has 1 aliphatic carbocycles. The molecule has 38 heavy (non-hydrogen) atoms. The van der Waals surface area contributed by atoms with Gasteiger partial charge in [0, 0.05) is 30.0 Å². The van der Waals surface area contributed by atoms with E-state index in [4.69, 9.17) is 25.4 Å². The van der Waals surface area contributed by atoms with Gasteiger partial charge in [0.1, 0.15) is 18.2 Å². The van der Waals surface area contributed by atoms with Crippen LogP contribution >= 0.6 is 0 Å². The zero-order valence-corrected chi connectivity index (χ0v) is 22.7. The lowest BCUT2D eigenvalue weighted by atomic mass is 9.76. The van der Waals surface area contributed by atoms with Gasteiger partial charge in [0.05, 0.1) is 36.9 Å². The summed E-state index contributed by atoms with van der Waals surface area (Å²) < 4.78 is 19.8. The minimum atomic E-state index is -0.871. The molecule has 1 saturated carbocycles. The molecule has 1 heterocycles. The zero-order valence-electron chi connectivity index (χ0n) is 22.7. The third kappa shape index (κ3) is 7.26. The number of nitrogens with zero attached hydrogens (tertiary/aromatic N) is 3. The topological polar surface area (TPSA) is 123 Å².